The van der Waals surface area contributed by atoms with Gasteiger partial charge in [0.05, 0.1) is 0 Å². The van der Waals surface area contributed by atoms with Gasteiger partial charge in [0.25, 0.3) is 0 Å². The Labute approximate surface area is 120 Å². The van der Waals surface area contributed by atoms with Crippen molar-refractivity contribution in [3.8, 4) is 0 Å². The molecule has 0 aliphatic heterocycles. The molecular weight excluding hydrogens is 308 g/mol. The normalized spacial score (nSPS) is 11.6. The lowest BCUT2D eigenvalue weighted by Gasteiger charge is -2.08. The fraction of sp³-hybridized carbons (Fsp3) is 0.0769. The van der Waals surface area contributed by atoms with Crippen LogP contribution in [0.2, 0.25) is 5.02 Å². The summed E-state index contributed by atoms with van der Waals surface area (Å²) in [7, 11) is -3.99. The molecule has 0 radical (unpaired) electrons. The van der Waals surface area contributed by atoms with Crippen molar-refractivity contribution in [2.45, 2.75) is 11.4 Å². The summed E-state index contributed by atoms with van der Waals surface area (Å²) >= 11 is 5.56. The number of sulfonamides is 1. The van der Waals surface area contributed by atoms with Crippen molar-refractivity contribution in [1.29, 1.82) is 0 Å². The minimum absolute atomic E-state index is 0.0648. The van der Waals surface area contributed by atoms with Crippen LogP contribution in [0.3, 0.4) is 0 Å². The van der Waals surface area contributed by atoms with E-state index in [1.807, 2.05) is 0 Å². The van der Waals surface area contributed by atoms with E-state index in [9.17, 15) is 17.2 Å². The SMILES string of the molecule is O=S(=O)(NCc1ccc(F)cc1)c1ccc(Cl)cc1F. The first kappa shape index (κ1) is 14.9. The second-order valence-corrected chi connectivity index (χ2v) is 6.20. The summed E-state index contributed by atoms with van der Waals surface area (Å²) in [6.45, 7) is -0.0648. The van der Waals surface area contributed by atoms with Crippen molar-refractivity contribution in [2.75, 3.05) is 0 Å². The van der Waals surface area contributed by atoms with Crippen LogP contribution in [-0.4, -0.2) is 8.42 Å². The average Bonchev–Trinajstić information content (AvgIpc) is 2.37. The number of nitrogens with one attached hydrogen (secondary N) is 1. The van der Waals surface area contributed by atoms with E-state index in [1.54, 1.807) is 0 Å². The van der Waals surface area contributed by atoms with Gasteiger partial charge in [-0.15, -0.1) is 0 Å². The lowest BCUT2D eigenvalue weighted by Crippen LogP contribution is -2.24. The van der Waals surface area contributed by atoms with E-state index in [2.05, 4.69) is 4.72 Å². The molecule has 2 aromatic carbocycles. The molecular formula is C13H10ClF2NO2S. The molecule has 2 aromatic rings. The molecule has 0 aliphatic carbocycles. The third-order valence-electron chi connectivity index (χ3n) is 2.56. The Balaban J connectivity index is 2.17. The van der Waals surface area contributed by atoms with Crippen LogP contribution in [-0.2, 0) is 16.6 Å². The first-order valence-electron chi connectivity index (χ1n) is 5.58. The van der Waals surface area contributed by atoms with E-state index in [0.29, 0.717) is 5.56 Å². The topological polar surface area (TPSA) is 46.2 Å². The van der Waals surface area contributed by atoms with E-state index in [4.69, 9.17) is 11.6 Å². The quantitative estimate of drug-likeness (QED) is 0.942. The maximum absolute atomic E-state index is 13.6. The number of rotatable bonds is 4. The molecule has 0 unspecified atom stereocenters. The highest BCUT2D eigenvalue weighted by Crippen LogP contribution is 2.19. The van der Waals surface area contributed by atoms with Crippen LogP contribution in [0.15, 0.2) is 47.4 Å². The smallest absolute Gasteiger partial charge is 0.207 e. The van der Waals surface area contributed by atoms with Gasteiger partial charge in [0, 0.05) is 11.6 Å². The molecule has 0 aliphatic rings. The Hall–Kier alpha value is -1.50. The van der Waals surface area contributed by atoms with E-state index in [-0.39, 0.29) is 11.6 Å². The molecule has 0 aromatic heterocycles. The molecule has 7 heteroatoms. The van der Waals surface area contributed by atoms with Gasteiger partial charge >= 0.3 is 0 Å². The molecule has 0 bridgehead atoms. The molecule has 0 saturated heterocycles. The molecule has 20 heavy (non-hydrogen) atoms. The van der Waals surface area contributed by atoms with Crippen molar-refractivity contribution >= 4 is 21.6 Å². The summed E-state index contributed by atoms with van der Waals surface area (Å²) in [5.41, 5.74) is 0.560. The van der Waals surface area contributed by atoms with Crippen molar-refractivity contribution in [1.82, 2.24) is 4.72 Å². The minimum Gasteiger partial charge on any atom is -0.207 e. The van der Waals surface area contributed by atoms with Crippen LogP contribution in [0, 0.1) is 11.6 Å². The Morgan fingerprint density at radius 3 is 2.30 bits per heavy atom. The molecule has 3 nitrogen and oxygen atoms in total. The lowest BCUT2D eigenvalue weighted by atomic mass is 10.2. The van der Waals surface area contributed by atoms with Gasteiger partial charge in [-0.3, -0.25) is 0 Å². The molecule has 0 fully saturated rings. The Bertz CT molecular complexity index is 718. The Morgan fingerprint density at radius 1 is 1.05 bits per heavy atom. The average molecular weight is 318 g/mol. The number of hydrogen-bond acceptors (Lipinski definition) is 2. The summed E-state index contributed by atoms with van der Waals surface area (Å²) in [5.74, 6) is -1.34. The predicted molar refractivity (Wildman–Crippen MR) is 71.8 cm³/mol. The zero-order valence-corrected chi connectivity index (χ0v) is 11.7. The summed E-state index contributed by atoms with van der Waals surface area (Å²) in [4.78, 5) is -0.482. The van der Waals surface area contributed by atoms with Gasteiger partial charge in [0.1, 0.15) is 16.5 Å². The minimum atomic E-state index is -3.99. The van der Waals surface area contributed by atoms with Gasteiger partial charge in [0.15, 0.2) is 0 Å². The largest absolute Gasteiger partial charge is 0.243 e. The first-order valence-corrected chi connectivity index (χ1v) is 7.44. The van der Waals surface area contributed by atoms with Gasteiger partial charge in [-0.25, -0.2) is 21.9 Å². The first-order chi connectivity index (χ1) is 9.38. The third kappa shape index (κ3) is 3.53. The van der Waals surface area contributed by atoms with Gasteiger partial charge in [-0.05, 0) is 35.9 Å². The van der Waals surface area contributed by atoms with Crippen LogP contribution in [0.4, 0.5) is 8.78 Å². The van der Waals surface area contributed by atoms with E-state index in [0.717, 1.165) is 12.1 Å². The second kappa shape index (κ2) is 5.87. The maximum Gasteiger partial charge on any atom is 0.243 e. The maximum atomic E-state index is 13.6. The van der Waals surface area contributed by atoms with E-state index < -0.39 is 26.6 Å². The molecule has 0 saturated carbocycles. The molecule has 1 N–H and O–H groups in total. The zero-order chi connectivity index (χ0) is 14.8. The number of hydrogen-bond donors (Lipinski definition) is 1. The van der Waals surface area contributed by atoms with Gasteiger partial charge in [0.2, 0.25) is 10.0 Å². The molecule has 0 heterocycles. The van der Waals surface area contributed by atoms with E-state index >= 15 is 0 Å². The highest BCUT2D eigenvalue weighted by molar-refractivity contribution is 7.89. The third-order valence-corrected chi connectivity index (χ3v) is 4.23. The highest BCUT2D eigenvalue weighted by atomic mass is 35.5. The lowest BCUT2D eigenvalue weighted by molar-refractivity contribution is 0.557. The fourth-order valence-electron chi connectivity index (χ4n) is 1.55. The predicted octanol–water partition coefficient (Wildman–Crippen LogP) is 3.10. The number of halogens is 3. The molecule has 0 amide bonds. The Morgan fingerprint density at radius 2 is 1.70 bits per heavy atom. The van der Waals surface area contributed by atoms with E-state index in [1.165, 1.54) is 30.3 Å². The van der Waals surface area contributed by atoms with Gasteiger partial charge in [-0.2, -0.15) is 0 Å². The van der Waals surface area contributed by atoms with Gasteiger partial charge < -0.3 is 0 Å². The standard InChI is InChI=1S/C13H10ClF2NO2S/c14-10-3-6-13(12(16)7-10)20(18,19)17-8-9-1-4-11(15)5-2-9/h1-7,17H,8H2. The summed E-state index contributed by atoms with van der Waals surface area (Å²) < 4.78 is 52.4. The monoisotopic (exact) mass is 317 g/mol. The summed E-state index contributed by atoms with van der Waals surface area (Å²) in [5, 5.41) is 0.111. The van der Waals surface area contributed by atoms with Crippen molar-refractivity contribution in [3.63, 3.8) is 0 Å². The van der Waals surface area contributed by atoms with Crippen molar-refractivity contribution in [2.24, 2.45) is 0 Å². The van der Waals surface area contributed by atoms with Crippen molar-refractivity contribution in [3.05, 3.63) is 64.7 Å². The van der Waals surface area contributed by atoms with Crippen LogP contribution in [0.25, 0.3) is 0 Å². The molecule has 0 atom stereocenters. The van der Waals surface area contributed by atoms with Crippen LogP contribution >= 0.6 is 11.6 Å². The zero-order valence-electron chi connectivity index (χ0n) is 10.1. The summed E-state index contributed by atoms with van der Waals surface area (Å²) in [6.07, 6.45) is 0. The molecule has 2 rings (SSSR count). The molecule has 106 valence electrons. The summed E-state index contributed by atoms with van der Waals surface area (Å²) in [6, 6.07) is 8.61. The fourth-order valence-corrected chi connectivity index (χ4v) is 2.79. The Kier molecular flexibility index (Phi) is 4.37. The van der Waals surface area contributed by atoms with Crippen molar-refractivity contribution < 1.29 is 17.2 Å². The van der Waals surface area contributed by atoms with Gasteiger partial charge in [-0.1, -0.05) is 23.7 Å². The van der Waals surface area contributed by atoms with Crippen LogP contribution in [0.5, 0.6) is 0 Å². The number of benzene rings is 2. The second-order valence-electron chi connectivity index (χ2n) is 4.03. The van der Waals surface area contributed by atoms with Crippen LogP contribution in [0.1, 0.15) is 5.56 Å². The highest BCUT2D eigenvalue weighted by Gasteiger charge is 2.18. The van der Waals surface area contributed by atoms with Crippen LogP contribution < -0.4 is 4.72 Å². The molecule has 0 spiro atoms.